The van der Waals surface area contributed by atoms with Crippen molar-refractivity contribution in [2.24, 2.45) is 5.73 Å². The third-order valence-corrected chi connectivity index (χ3v) is 5.15. The molecule has 0 bridgehead atoms. The number of hydrogen-bond donors (Lipinski definition) is 2. The minimum Gasteiger partial charge on any atom is -0.369 e. The van der Waals surface area contributed by atoms with Gasteiger partial charge in [0.1, 0.15) is 5.82 Å². The van der Waals surface area contributed by atoms with E-state index in [9.17, 15) is 4.79 Å². The Morgan fingerprint density at radius 3 is 2.96 bits per heavy atom. The molecule has 1 fully saturated rings. The highest BCUT2D eigenvalue weighted by molar-refractivity contribution is 7.17. The molecule has 0 unspecified atom stereocenters. The zero-order chi connectivity index (χ0) is 17.2. The van der Waals surface area contributed by atoms with Crippen molar-refractivity contribution in [3.05, 3.63) is 36.0 Å². The molecule has 1 aliphatic rings. The van der Waals surface area contributed by atoms with E-state index in [0.29, 0.717) is 12.4 Å². The van der Waals surface area contributed by atoms with Crippen molar-refractivity contribution in [2.45, 2.75) is 12.5 Å². The highest BCUT2D eigenvalue weighted by atomic mass is 32.1. The molecule has 1 aliphatic heterocycles. The van der Waals surface area contributed by atoms with Gasteiger partial charge < -0.3 is 11.1 Å². The van der Waals surface area contributed by atoms with Gasteiger partial charge >= 0.3 is 0 Å². The number of aromatic nitrogens is 3. The van der Waals surface area contributed by atoms with Crippen molar-refractivity contribution in [1.82, 2.24) is 19.9 Å². The molecule has 0 saturated carbocycles. The average molecular weight is 354 g/mol. The van der Waals surface area contributed by atoms with Crippen LogP contribution < -0.4 is 11.1 Å². The molecule has 4 rings (SSSR count). The van der Waals surface area contributed by atoms with Gasteiger partial charge in [-0.2, -0.15) is 0 Å². The average Bonchev–Trinajstić information content (AvgIpc) is 3.24. The highest BCUT2D eigenvalue weighted by Crippen LogP contribution is 2.30. The van der Waals surface area contributed by atoms with Crippen molar-refractivity contribution in [2.75, 3.05) is 25.0 Å². The van der Waals surface area contributed by atoms with Crippen molar-refractivity contribution in [3.8, 4) is 11.4 Å². The Balaban J connectivity index is 1.61. The van der Waals surface area contributed by atoms with Crippen molar-refractivity contribution in [3.63, 3.8) is 0 Å². The molecular formula is C17H18N6OS. The number of amides is 1. The van der Waals surface area contributed by atoms with Gasteiger partial charge in [-0.1, -0.05) is 0 Å². The van der Waals surface area contributed by atoms with Gasteiger partial charge in [0.25, 0.3) is 0 Å². The molecule has 0 radical (unpaired) electrons. The fraction of sp³-hybridized carbons (Fsp3) is 0.294. The number of rotatable bonds is 5. The number of nitrogens with one attached hydrogen (secondary N) is 1. The summed E-state index contributed by atoms with van der Waals surface area (Å²) < 4.78 is 1.05. The van der Waals surface area contributed by atoms with Crippen LogP contribution in [0.15, 0.2) is 36.0 Å². The molecule has 0 aromatic carbocycles. The lowest BCUT2D eigenvalue weighted by molar-refractivity contribution is -0.118. The number of carbonyl (C=O) groups excluding carboxylic acids is 1. The summed E-state index contributed by atoms with van der Waals surface area (Å²) in [6, 6.07) is 6.05. The molecule has 1 saturated heterocycles. The molecule has 3 aromatic heterocycles. The molecule has 7 nitrogen and oxygen atoms in total. The number of pyridine rings is 1. The van der Waals surface area contributed by atoms with Gasteiger partial charge in [0.05, 0.1) is 16.8 Å². The van der Waals surface area contributed by atoms with Crippen molar-refractivity contribution >= 4 is 33.3 Å². The van der Waals surface area contributed by atoms with Crippen LogP contribution in [0.4, 0.5) is 5.82 Å². The fourth-order valence-electron chi connectivity index (χ4n) is 3.10. The molecule has 3 N–H and O–H groups in total. The van der Waals surface area contributed by atoms with Crippen LogP contribution in [-0.2, 0) is 4.79 Å². The van der Waals surface area contributed by atoms with Gasteiger partial charge in [-0.05, 0) is 30.0 Å². The summed E-state index contributed by atoms with van der Waals surface area (Å²) in [6.07, 6.45) is 4.43. The molecule has 3 aromatic rings. The minimum atomic E-state index is -0.289. The second-order valence-corrected chi connectivity index (χ2v) is 7.01. The summed E-state index contributed by atoms with van der Waals surface area (Å²) in [6.45, 7) is 1.94. The predicted octanol–water partition coefficient (Wildman–Crippen LogP) is 1.72. The Hall–Kier alpha value is -2.58. The first-order chi connectivity index (χ1) is 12.2. The van der Waals surface area contributed by atoms with E-state index in [0.717, 1.165) is 41.1 Å². The number of anilines is 1. The fourth-order valence-corrected chi connectivity index (χ4v) is 3.88. The lowest BCUT2D eigenvalue weighted by Gasteiger charge is -2.16. The van der Waals surface area contributed by atoms with E-state index in [1.54, 1.807) is 23.7 Å². The number of primary amides is 1. The Labute approximate surface area is 148 Å². The molecule has 1 amide bonds. The van der Waals surface area contributed by atoms with Crippen molar-refractivity contribution in [1.29, 1.82) is 0 Å². The standard InChI is InChI=1S/C17H18N6OS/c18-14(24)10-23-7-3-12(9-23)20-17-15-13(4-8-25-15)21-16(22-17)11-1-5-19-6-2-11/h1-2,4-6,8,12H,3,7,9-10H2,(H2,18,24)(H,20,21,22)/t12-/m1/s1. The van der Waals surface area contributed by atoms with Crippen LogP contribution in [0.1, 0.15) is 6.42 Å². The van der Waals surface area contributed by atoms with Gasteiger partial charge in [0.2, 0.25) is 5.91 Å². The van der Waals surface area contributed by atoms with Crippen LogP contribution in [0.25, 0.3) is 21.6 Å². The number of thiophene rings is 1. The van der Waals surface area contributed by atoms with Crippen LogP contribution in [0.2, 0.25) is 0 Å². The number of carbonyl (C=O) groups is 1. The van der Waals surface area contributed by atoms with E-state index in [1.165, 1.54) is 0 Å². The molecule has 25 heavy (non-hydrogen) atoms. The Kier molecular flexibility index (Phi) is 4.29. The van der Waals surface area contributed by atoms with E-state index in [1.807, 2.05) is 23.6 Å². The van der Waals surface area contributed by atoms with E-state index in [-0.39, 0.29) is 11.9 Å². The van der Waals surface area contributed by atoms with Gasteiger partial charge in [0, 0.05) is 37.1 Å². The molecule has 0 aliphatic carbocycles. The summed E-state index contributed by atoms with van der Waals surface area (Å²) >= 11 is 1.63. The van der Waals surface area contributed by atoms with Crippen molar-refractivity contribution < 1.29 is 4.79 Å². The number of nitrogens with two attached hydrogens (primary N) is 1. The first-order valence-corrected chi connectivity index (χ1v) is 9.00. The maximum absolute atomic E-state index is 11.1. The molecule has 128 valence electrons. The summed E-state index contributed by atoms with van der Waals surface area (Å²) in [4.78, 5) is 26.6. The topological polar surface area (TPSA) is 97.0 Å². The summed E-state index contributed by atoms with van der Waals surface area (Å²) in [5.41, 5.74) is 7.16. The van der Waals surface area contributed by atoms with Crippen LogP contribution in [-0.4, -0.2) is 51.4 Å². The smallest absolute Gasteiger partial charge is 0.231 e. The number of nitrogens with zero attached hydrogens (tertiary/aromatic N) is 4. The predicted molar refractivity (Wildman–Crippen MR) is 98.3 cm³/mol. The summed E-state index contributed by atoms with van der Waals surface area (Å²) in [5, 5.41) is 5.56. The Morgan fingerprint density at radius 2 is 2.16 bits per heavy atom. The number of hydrogen-bond acceptors (Lipinski definition) is 7. The van der Waals surface area contributed by atoms with Crippen LogP contribution in [0.5, 0.6) is 0 Å². The van der Waals surface area contributed by atoms with Crippen LogP contribution in [0.3, 0.4) is 0 Å². The Bertz CT molecular complexity index is 897. The minimum absolute atomic E-state index is 0.241. The SMILES string of the molecule is NC(=O)CN1CC[C@@H](Nc2nc(-c3ccncc3)nc3ccsc23)C1. The second-order valence-electron chi connectivity index (χ2n) is 6.10. The maximum atomic E-state index is 11.1. The zero-order valence-corrected chi connectivity index (χ0v) is 14.4. The summed E-state index contributed by atoms with van der Waals surface area (Å²) in [7, 11) is 0. The lowest BCUT2D eigenvalue weighted by Crippen LogP contribution is -2.33. The normalized spacial score (nSPS) is 17.8. The number of likely N-dealkylation sites (tertiary alicyclic amines) is 1. The van der Waals surface area contributed by atoms with Gasteiger partial charge in [0.15, 0.2) is 5.82 Å². The second kappa shape index (κ2) is 6.73. The van der Waals surface area contributed by atoms with Gasteiger partial charge in [-0.25, -0.2) is 9.97 Å². The highest BCUT2D eigenvalue weighted by Gasteiger charge is 2.24. The van der Waals surface area contributed by atoms with Crippen LogP contribution >= 0.6 is 11.3 Å². The first-order valence-electron chi connectivity index (χ1n) is 8.12. The van der Waals surface area contributed by atoms with Crippen LogP contribution in [0, 0.1) is 0 Å². The largest absolute Gasteiger partial charge is 0.369 e. The molecule has 1 atom stereocenters. The maximum Gasteiger partial charge on any atom is 0.231 e. The lowest BCUT2D eigenvalue weighted by atomic mass is 10.2. The van der Waals surface area contributed by atoms with E-state index in [4.69, 9.17) is 10.7 Å². The summed E-state index contributed by atoms with van der Waals surface area (Å²) in [5.74, 6) is 1.24. The quantitative estimate of drug-likeness (QED) is 0.724. The molecule has 4 heterocycles. The third-order valence-electron chi connectivity index (χ3n) is 4.23. The van der Waals surface area contributed by atoms with E-state index < -0.39 is 0 Å². The zero-order valence-electron chi connectivity index (χ0n) is 13.6. The van der Waals surface area contributed by atoms with E-state index in [2.05, 4.69) is 20.2 Å². The van der Waals surface area contributed by atoms with Gasteiger partial charge in [-0.15, -0.1) is 11.3 Å². The number of fused-ring (bicyclic) bond motifs is 1. The Morgan fingerprint density at radius 1 is 1.32 bits per heavy atom. The van der Waals surface area contributed by atoms with E-state index >= 15 is 0 Å². The molecule has 8 heteroatoms. The molecule has 0 spiro atoms. The van der Waals surface area contributed by atoms with Gasteiger partial charge in [-0.3, -0.25) is 14.7 Å². The monoisotopic (exact) mass is 354 g/mol. The molecular weight excluding hydrogens is 336 g/mol. The first kappa shape index (κ1) is 15.9. The third kappa shape index (κ3) is 3.45.